The Morgan fingerprint density at radius 1 is 1.19 bits per heavy atom. The molecule has 1 amide bonds. The number of carbonyl (C=O) groups excluding carboxylic acids is 1. The van der Waals surface area contributed by atoms with Crippen LogP contribution in [0.25, 0.3) is 0 Å². The molecule has 2 aromatic rings. The molecule has 0 heterocycles. The van der Waals surface area contributed by atoms with Gasteiger partial charge >= 0.3 is 5.97 Å². The van der Waals surface area contributed by atoms with E-state index in [4.69, 9.17) is 40.2 Å². The van der Waals surface area contributed by atoms with Gasteiger partial charge in [0.1, 0.15) is 5.75 Å². The summed E-state index contributed by atoms with van der Waals surface area (Å²) in [4.78, 5) is 23.5. The topological polar surface area (TPSA) is 87.7 Å². The molecule has 0 saturated carbocycles. The van der Waals surface area contributed by atoms with Crippen LogP contribution in [0.3, 0.4) is 0 Å². The predicted octanol–water partition coefficient (Wildman–Crippen LogP) is 4.22. The summed E-state index contributed by atoms with van der Waals surface area (Å²) >= 11 is 16.9. The Kier molecular flexibility index (Phi) is 6.79. The SMILES string of the molecule is CCOc1ccc(C(=O)NC(=S)Nc2ccc(Cl)cc2C(=O)O)cc1Cl. The van der Waals surface area contributed by atoms with Crippen LogP contribution in [0, 0.1) is 0 Å². The standard InChI is InChI=1S/C17H14Cl2N2O4S/c1-2-25-14-6-3-9(7-12(14)19)15(22)21-17(26)20-13-5-4-10(18)8-11(13)16(23)24/h3-8H,2H2,1H3,(H,23,24)(H2,20,21,22,26). The lowest BCUT2D eigenvalue weighted by molar-refractivity contribution is 0.0697. The molecule has 0 spiro atoms. The minimum atomic E-state index is -1.18. The van der Waals surface area contributed by atoms with Gasteiger partial charge in [-0.05, 0) is 55.5 Å². The fraction of sp³-hybridized carbons (Fsp3) is 0.118. The van der Waals surface area contributed by atoms with E-state index in [-0.39, 0.29) is 26.9 Å². The fourth-order valence-corrected chi connectivity index (χ4v) is 2.66. The summed E-state index contributed by atoms with van der Waals surface area (Å²) in [5, 5.41) is 14.8. The lowest BCUT2D eigenvalue weighted by atomic mass is 10.2. The van der Waals surface area contributed by atoms with Crippen molar-refractivity contribution in [1.29, 1.82) is 0 Å². The van der Waals surface area contributed by atoms with Crippen molar-refractivity contribution in [3.05, 3.63) is 57.6 Å². The van der Waals surface area contributed by atoms with Crippen LogP contribution in [0.5, 0.6) is 5.75 Å². The highest BCUT2D eigenvalue weighted by atomic mass is 35.5. The highest BCUT2D eigenvalue weighted by molar-refractivity contribution is 7.80. The van der Waals surface area contributed by atoms with Gasteiger partial charge in [0, 0.05) is 10.6 Å². The number of ether oxygens (including phenoxy) is 1. The number of thiocarbonyl (C=S) groups is 1. The zero-order valence-electron chi connectivity index (χ0n) is 13.5. The molecule has 0 aliphatic carbocycles. The molecule has 0 bridgehead atoms. The van der Waals surface area contributed by atoms with E-state index in [0.29, 0.717) is 17.4 Å². The molecular formula is C17H14Cl2N2O4S. The number of nitrogens with one attached hydrogen (secondary N) is 2. The second-order valence-corrected chi connectivity index (χ2v) is 6.23. The van der Waals surface area contributed by atoms with Crippen LogP contribution in [0.4, 0.5) is 5.69 Å². The van der Waals surface area contributed by atoms with Gasteiger partial charge in [-0.2, -0.15) is 0 Å². The molecule has 136 valence electrons. The Hall–Kier alpha value is -2.35. The second kappa shape index (κ2) is 8.84. The zero-order valence-corrected chi connectivity index (χ0v) is 15.8. The van der Waals surface area contributed by atoms with Gasteiger partial charge in [-0.1, -0.05) is 23.2 Å². The average molecular weight is 413 g/mol. The van der Waals surface area contributed by atoms with Gasteiger partial charge in [0.2, 0.25) is 0 Å². The van der Waals surface area contributed by atoms with Crippen LogP contribution >= 0.6 is 35.4 Å². The molecule has 2 aromatic carbocycles. The van der Waals surface area contributed by atoms with Crippen LogP contribution in [0.15, 0.2) is 36.4 Å². The van der Waals surface area contributed by atoms with E-state index in [1.807, 2.05) is 6.92 Å². The Morgan fingerprint density at radius 2 is 1.92 bits per heavy atom. The number of anilines is 1. The van der Waals surface area contributed by atoms with E-state index in [9.17, 15) is 14.7 Å². The fourth-order valence-electron chi connectivity index (χ4n) is 2.05. The van der Waals surface area contributed by atoms with Crippen molar-refractivity contribution in [1.82, 2.24) is 5.32 Å². The van der Waals surface area contributed by atoms with Crippen molar-refractivity contribution in [2.24, 2.45) is 0 Å². The molecule has 0 aliphatic heterocycles. The van der Waals surface area contributed by atoms with E-state index in [0.717, 1.165) is 0 Å². The molecule has 0 saturated heterocycles. The van der Waals surface area contributed by atoms with Crippen molar-refractivity contribution in [3.63, 3.8) is 0 Å². The van der Waals surface area contributed by atoms with Crippen molar-refractivity contribution < 1.29 is 19.4 Å². The number of carboxylic acids is 1. The lowest BCUT2D eigenvalue weighted by Crippen LogP contribution is -2.34. The molecule has 26 heavy (non-hydrogen) atoms. The van der Waals surface area contributed by atoms with Gasteiger partial charge in [-0.15, -0.1) is 0 Å². The molecule has 0 unspecified atom stereocenters. The van der Waals surface area contributed by atoms with Gasteiger partial charge in [-0.3, -0.25) is 10.1 Å². The maximum atomic E-state index is 12.3. The maximum absolute atomic E-state index is 12.3. The third-order valence-electron chi connectivity index (χ3n) is 3.18. The van der Waals surface area contributed by atoms with Crippen LogP contribution < -0.4 is 15.4 Å². The smallest absolute Gasteiger partial charge is 0.337 e. The Bertz CT molecular complexity index is 874. The van der Waals surface area contributed by atoms with Crippen molar-refractivity contribution in [2.75, 3.05) is 11.9 Å². The highest BCUT2D eigenvalue weighted by Gasteiger charge is 2.14. The number of benzene rings is 2. The third-order valence-corrected chi connectivity index (χ3v) is 3.92. The average Bonchev–Trinajstić information content (AvgIpc) is 2.58. The minimum absolute atomic E-state index is 0.0650. The Balaban J connectivity index is 2.10. The molecule has 0 aromatic heterocycles. The third kappa shape index (κ3) is 5.08. The van der Waals surface area contributed by atoms with Gasteiger partial charge < -0.3 is 15.2 Å². The molecule has 3 N–H and O–H groups in total. The molecule has 0 radical (unpaired) electrons. The van der Waals surface area contributed by atoms with Gasteiger partial charge in [0.25, 0.3) is 5.91 Å². The summed E-state index contributed by atoms with van der Waals surface area (Å²) in [5.41, 5.74) is 0.410. The number of carbonyl (C=O) groups is 2. The van der Waals surface area contributed by atoms with E-state index < -0.39 is 11.9 Å². The largest absolute Gasteiger partial charge is 0.492 e. The van der Waals surface area contributed by atoms with Gasteiger partial charge in [0.05, 0.1) is 22.9 Å². The molecule has 9 heteroatoms. The molecule has 0 atom stereocenters. The summed E-state index contributed by atoms with van der Waals surface area (Å²) in [6, 6.07) is 8.82. The summed E-state index contributed by atoms with van der Waals surface area (Å²) in [5.74, 6) is -1.21. The summed E-state index contributed by atoms with van der Waals surface area (Å²) in [7, 11) is 0. The molecule has 0 fully saturated rings. The van der Waals surface area contributed by atoms with E-state index in [1.54, 1.807) is 12.1 Å². The second-order valence-electron chi connectivity index (χ2n) is 4.98. The quantitative estimate of drug-likeness (QED) is 0.637. The number of aromatic carboxylic acids is 1. The minimum Gasteiger partial charge on any atom is -0.492 e. The molecule has 0 aliphatic rings. The molecule has 2 rings (SSSR count). The van der Waals surface area contributed by atoms with Crippen molar-refractivity contribution >= 4 is 58.1 Å². The van der Waals surface area contributed by atoms with Gasteiger partial charge in [-0.25, -0.2) is 4.79 Å². The summed E-state index contributed by atoms with van der Waals surface area (Å²) < 4.78 is 5.31. The normalized spacial score (nSPS) is 10.1. The van der Waals surface area contributed by atoms with Crippen molar-refractivity contribution in [2.45, 2.75) is 6.92 Å². The molecule has 6 nitrogen and oxygen atoms in total. The first-order chi connectivity index (χ1) is 12.3. The number of hydrogen-bond donors (Lipinski definition) is 3. The van der Waals surface area contributed by atoms with Crippen LogP contribution in [-0.4, -0.2) is 28.7 Å². The van der Waals surface area contributed by atoms with E-state index >= 15 is 0 Å². The number of amides is 1. The van der Waals surface area contributed by atoms with Crippen LogP contribution in [-0.2, 0) is 0 Å². The van der Waals surface area contributed by atoms with E-state index in [1.165, 1.54) is 24.3 Å². The summed E-state index contributed by atoms with van der Waals surface area (Å²) in [6.45, 7) is 2.27. The maximum Gasteiger partial charge on any atom is 0.337 e. The number of hydrogen-bond acceptors (Lipinski definition) is 4. The number of carboxylic acid groups (broad SMARTS) is 1. The Labute approximate surface area is 165 Å². The predicted molar refractivity (Wildman–Crippen MR) is 105 cm³/mol. The monoisotopic (exact) mass is 412 g/mol. The van der Waals surface area contributed by atoms with Crippen LogP contribution in [0.1, 0.15) is 27.6 Å². The first-order valence-electron chi connectivity index (χ1n) is 7.39. The number of halogens is 2. The number of rotatable bonds is 5. The van der Waals surface area contributed by atoms with E-state index in [2.05, 4.69) is 10.6 Å². The lowest BCUT2D eigenvalue weighted by Gasteiger charge is -2.12. The van der Waals surface area contributed by atoms with Crippen molar-refractivity contribution in [3.8, 4) is 5.75 Å². The zero-order chi connectivity index (χ0) is 19.3. The van der Waals surface area contributed by atoms with Crippen LogP contribution in [0.2, 0.25) is 10.0 Å². The first-order valence-corrected chi connectivity index (χ1v) is 8.55. The van der Waals surface area contributed by atoms with Gasteiger partial charge in [0.15, 0.2) is 5.11 Å². The Morgan fingerprint density at radius 3 is 2.54 bits per heavy atom. The highest BCUT2D eigenvalue weighted by Crippen LogP contribution is 2.25. The molecular weight excluding hydrogens is 399 g/mol. The first kappa shape index (κ1) is 20.0. The summed E-state index contributed by atoms with van der Waals surface area (Å²) in [6.07, 6.45) is 0.